The molecule has 12 heteroatoms. The Bertz CT molecular complexity index is 1160. The molecule has 11 nitrogen and oxygen atoms in total. The van der Waals surface area contributed by atoms with Gasteiger partial charge in [0.05, 0.1) is 11.8 Å². The van der Waals surface area contributed by atoms with Crippen LogP contribution in [0.15, 0.2) is 12.4 Å². The lowest BCUT2D eigenvalue weighted by Crippen LogP contribution is -2.40. The fourth-order valence-corrected chi connectivity index (χ4v) is 5.07. The number of anilines is 4. The number of carbonyl (C=O) groups excluding carboxylic acids is 1. The van der Waals surface area contributed by atoms with Crippen LogP contribution in [0.25, 0.3) is 0 Å². The van der Waals surface area contributed by atoms with E-state index < -0.39 is 6.04 Å². The molecule has 3 aromatic heterocycles. The van der Waals surface area contributed by atoms with E-state index in [-0.39, 0.29) is 12.0 Å². The fraction of sp³-hybridized carbons (Fsp3) is 0.524. The molecule has 2 atom stereocenters. The zero-order valence-corrected chi connectivity index (χ0v) is 19.1. The fourth-order valence-electron chi connectivity index (χ4n) is 4.63. The largest absolute Gasteiger partial charge is 0.380 e. The minimum absolute atomic E-state index is 0.0872. The third kappa shape index (κ3) is 4.04. The molecule has 0 radical (unpaired) electrons. The van der Waals surface area contributed by atoms with E-state index in [4.69, 9.17) is 14.7 Å². The first-order valence-electron chi connectivity index (χ1n) is 11.3. The summed E-state index contributed by atoms with van der Waals surface area (Å²) in [6, 6.07) is 1.61. The molecule has 0 bridgehead atoms. The molecule has 3 N–H and O–H groups in total. The highest BCUT2D eigenvalue weighted by atomic mass is 32.1. The van der Waals surface area contributed by atoms with Gasteiger partial charge in [0.1, 0.15) is 18.2 Å². The lowest BCUT2D eigenvalue weighted by Gasteiger charge is -2.24. The predicted octanol–water partition coefficient (Wildman–Crippen LogP) is 2.39. The molecule has 172 valence electrons. The van der Waals surface area contributed by atoms with Gasteiger partial charge in [-0.05, 0) is 32.1 Å². The topological polar surface area (TPSA) is 134 Å². The van der Waals surface area contributed by atoms with Crippen molar-refractivity contribution in [2.45, 2.75) is 56.6 Å². The SMILES string of the molecule is CO[C@@H]1C[C@@H](C(=O)Nc2ncns2)N(c2nc3c(c(Nc4cc(C5CC5)[nH]n4)n2)CCC3)C1. The number of ether oxygens (including phenoxy) is 1. The number of nitrogens with one attached hydrogen (secondary N) is 3. The van der Waals surface area contributed by atoms with Gasteiger partial charge in [0, 0.05) is 54.8 Å². The summed E-state index contributed by atoms with van der Waals surface area (Å²) in [6.07, 6.45) is 7.18. The van der Waals surface area contributed by atoms with E-state index in [9.17, 15) is 4.79 Å². The molecule has 4 heterocycles. The molecule has 3 aromatic rings. The van der Waals surface area contributed by atoms with E-state index >= 15 is 0 Å². The number of hydrogen-bond acceptors (Lipinski definition) is 10. The third-order valence-corrected chi connectivity index (χ3v) is 7.11. The summed E-state index contributed by atoms with van der Waals surface area (Å²) in [4.78, 5) is 28.8. The highest BCUT2D eigenvalue weighted by Gasteiger charge is 2.39. The number of amides is 1. The first kappa shape index (κ1) is 20.5. The van der Waals surface area contributed by atoms with Gasteiger partial charge in [0.25, 0.3) is 0 Å². The third-order valence-electron chi connectivity index (χ3n) is 6.53. The standard InChI is InChI=1S/C21H25N9O2S/c1-32-12-7-16(19(31)27-21-22-10-23-33-21)30(9-12)20-24-14-4-2-3-13(14)18(26-20)25-17-8-15(28-29-17)11-5-6-11/h8,10-12,16H,2-7,9H2,1H3,(H,22,23,27,31)(H2,24,25,26,28,29)/t12-,16+/m1/s1. The van der Waals surface area contributed by atoms with E-state index in [0.717, 1.165) is 53.7 Å². The molecule has 1 amide bonds. The van der Waals surface area contributed by atoms with Gasteiger partial charge in [-0.1, -0.05) is 0 Å². The van der Waals surface area contributed by atoms with Crippen LogP contribution in [0.3, 0.4) is 0 Å². The average molecular weight is 468 g/mol. The van der Waals surface area contributed by atoms with Crippen molar-refractivity contribution in [1.82, 2.24) is 29.5 Å². The van der Waals surface area contributed by atoms with Crippen LogP contribution in [0, 0.1) is 0 Å². The van der Waals surface area contributed by atoms with E-state index in [0.29, 0.717) is 30.0 Å². The number of methoxy groups -OCH3 is 1. The van der Waals surface area contributed by atoms with Crippen LogP contribution in [0.5, 0.6) is 0 Å². The highest BCUT2D eigenvalue weighted by molar-refractivity contribution is 7.09. The molecule has 1 saturated heterocycles. The van der Waals surface area contributed by atoms with Gasteiger partial charge in [0.2, 0.25) is 17.0 Å². The number of aromatic amines is 1. The van der Waals surface area contributed by atoms with Gasteiger partial charge in [-0.25, -0.2) is 9.97 Å². The van der Waals surface area contributed by atoms with Crippen LogP contribution >= 0.6 is 11.5 Å². The maximum Gasteiger partial charge on any atom is 0.249 e. The molecule has 1 saturated carbocycles. The van der Waals surface area contributed by atoms with E-state index in [1.54, 1.807) is 7.11 Å². The zero-order valence-electron chi connectivity index (χ0n) is 18.2. The van der Waals surface area contributed by atoms with Crippen LogP contribution in [-0.4, -0.2) is 61.2 Å². The number of hydrogen-bond donors (Lipinski definition) is 3. The summed E-state index contributed by atoms with van der Waals surface area (Å²) >= 11 is 1.15. The Balaban J connectivity index is 1.30. The minimum atomic E-state index is -0.460. The molecule has 6 rings (SSSR count). The summed E-state index contributed by atoms with van der Waals surface area (Å²) in [5, 5.41) is 14.3. The molecule has 2 aliphatic carbocycles. The van der Waals surface area contributed by atoms with Crippen molar-refractivity contribution in [3.05, 3.63) is 29.3 Å². The molecule has 0 aromatic carbocycles. The summed E-state index contributed by atoms with van der Waals surface area (Å²) in [5.41, 5.74) is 3.33. The number of nitrogens with zero attached hydrogens (tertiary/aromatic N) is 6. The first-order valence-corrected chi connectivity index (χ1v) is 12.0. The zero-order chi connectivity index (χ0) is 22.4. The Labute approximate surface area is 194 Å². The second-order valence-electron chi connectivity index (χ2n) is 8.76. The second-order valence-corrected chi connectivity index (χ2v) is 9.54. The number of rotatable bonds is 7. The van der Waals surface area contributed by atoms with Crippen molar-refractivity contribution in [2.24, 2.45) is 0 Å². The lowest BCUT2D eigenvalue weighted by atomic mass is 10.2. The van der Waals surface area contributed by atoms with Crippen molar-refractivity contribution in [3.63, 3.8) is 0 Å². The Kier molecular flexibility index (Phi) is 5.18. The molecule has 0 unspecified atom stereocenters. The molecule has 3 aliphatic rings. The molecular formula is C21H25N9O2S. The highest BCUT2D eigenvalue weighted by Crippen LogP contribution is 2.40. The number of aryl methyl sites for hydroxylation is 1. The maximum atomic E-state index is 13.1. The molecule has 0 spiro atoms. The van der Waals surface area contributed by atoms with Crippen molar-refractivity contribution < 1.29 is 9.53 Å². The second kappa shape index (κ2) is 8.34. The Hall–Kier alpha value is -3.12. The summed E-state index contributed by atoms with van der Waals surface area (Å²) in [6.45, 7) is 0.539. The van der Waals surface area contributed by atoms with Gasteiger partial charge < -0.3 is 15.0 Å². The monoisotopic (exact) mass is 467 g/mol. The Morgan fingerprint density at radius 2 is 2.21 bits per heavy atom. The van der Waals surface area contributed by atoms with Crippen LogP contribution in [0.4, 0.5) is 22.7 Å². The quantitative estimate of drug-likeness (QED) is 0.479. The number of H-pyrrole nitrogens is 1. The maximum absolute atomic E-state index is 13.1. The van der Waals surface area contributed by atoms with Crippen LogP contribution in [0.1, 0.15) is 48.6 Å². The average Bonchev–Trinajstić information content (AvgIpc) is 3.28. The van der Waals surface area contributed by atoms with Crippen LogP contribution in [0.2, 0.25) is 0 Å². The number of fused-ring (bicyclic) bond motifs is 1. The van der Waals surface area contributed by atoms with Crippen molar-refractivity contribution in [3.8, 4) is 0 Å². The smallest absolute Gasteiger partial charge is 0.249 e. The summed E-state index contributed by atoms with van der Waals surface area (Å²) in [5.74, 6) is 2.50. The van der Waals surface area contributed by atoms with E-state index in [2.05, 4.69) is 36.3 Å². The number of aromatic nitrogens is 6. The summed E-state index contributed by atoms with van der Waals surface area (Å²) in [7, 11) is 1.67. The van der Waals surface area contributed by atoms with Crippen molar-refractivity contribution in [2.75, 3.05) is 29.2 Å². The minimum Gasteiger partial charge on any atom is -0.380 e. The Morgan fingerprint density at radius 3 is 3.00 bits per heavy atom. The molecule has 1 aliphatic heterocycles. The van der Waals surface area contributed by atoms with Gasteiger partial charge >= 0.3 is 0 Å². The van der Waals surface area contributed by atoms with Gasteiger partial charge in [-0.2, -0.15) is 14.5 Å². The van der Waals surface area contributed by atoms with Gasteiger partial charge in [-0.3, -0.25) is 15.2 Å². The predicted molar refractivity (Wildman–Crippen MR) is 123 cm³/mol. The van der Waals surface area contributed by atoms with Crippen molar-refractivity contribution in [1.29, 1.82) is 0 Å². The van der Waals surface area contributed by atoms with Crippen LogP contribution < -0.4 is 15.5 Å². The molecule has 2 fully saturated rings. The molecular weight excluding hydrogens is 442 g/mol. The molecule has 33 heavy (non-hydrogen) atoms. The van der Waals surface area contributed by atoms with Gasteiger partial charge in [0.15, 0.2) is 5.82 Å². The number of carbonyl (C=O) groups is 1. The Morgan fingerprint density at radius 1 is 1.30 bits per heavy atom. The first-order chi connectivity index (χ1) is 16.2. The normalized spacial score (nSPS) is 21.9. The lowest BCUT2D eigenvalue weighted by molar-refractivity contribution is -0.117. The van der Waals surface area contributed by atoms with Crippen molar-refractivity contribution >= 4 is 40.2 Å². The van der Waals surface area contributed by atoms with E-state index in [1.165, 1.54) is 24.9 Å². The van der Waals surface area contributed by atoms with Gasteiger partial charge in [-0.15, -0.1) is 0 Å². The van der Waals surface area contributed by atoms with E-state index in [1.807, 2.05) is 4.90 Å². The van der Waals surface area contributed by atoms with Crippen LogP contribution in [-0.2, 0) is 22.4 Å². The summed E-state index contributed by atoms with van der Waals surface area (Å²) < 4.78 is 9.55.